The number of hydrogen-bond acceptors (Lipinski definition) is 6. The third-order valence-electron chi connectivity index (χ3n) is 6.97. The van der Waals surface area contributed by atoms with Gasteiger partial charge in [-0.1, -0.05) is 30.3 Å². The van der Waals surface area contributed by atoms with E-state index in [-0.39, 0.29) is 17.9 Å². The van der Waals surface area contributed by atoms with Gasteiger partial charge < -0.3 is 14.5 Å². The highest BCUT2D eigenvalue weighted by atomic mass is 32.1. The Balaban J connectivity index is 1.17. The zero-order chi connectivity index (χ0) is 22.6. The van der Waals surface area contributed by atoms with E-state index in [0.717, 1.165) is 26.1 Å². The first kappa shape index (κ1) is 22.5. The summed E-state index contributed by atoms with van der Waals surface area (Å²) >= 11 is 1.82. The topological polar surface area (TPSA) is 56.3 Å². The Bertz CT molecular complexity index is 952. The Morgan fingerprint density at radius 1 is 0.848 bits per heavy atom. The minimum Gasteiger partial charge on any atom is -0.378 e. The van der Waals surface area contributed by atoms with Crippen LogP contribution in [-0.4, -0.2) is 104 Å². The van der Waals surface area contributed by atoms with Crippen molar-refractivity contribution in [3.63, 3.8) is 0 Å². The summed E-state index contributed by atoms with van der Waals surface area (Å²) in [7, 11) is 0. The van der Waals surface area contributed by atoms with Gasteiger partial charge in [-0.3, -0.25) is 19.4 Å². The second-order valence-electron chi connectivity index (χ2n) is 8.98. The molecule has 0 radical (unpaired) electrons. The number of morpholine rings is 1. The summed E-state index contributed by atoms with van der Waals surface area (Å²) in [5.41, 5.74) is 2.59. The van der Waals surface area contributed by atoms with Crippen LogP contribution in [0.5, 0.6) is 0 Å². The van der Waals surface area contributed by atoms with E-state index < -0.39 is 0 Å². The number of ether oxygens (including phenoxy) is 1. The van der Waals surface area contributed by atoms with Crippen molar-refractivity contribution in [2.24, 2.45) is 0 Å². The van der Waals surface area contributed by atoms with Gasteiger partial charge in [-0.2, -0.15) is 0 Å². The molecule has 4 heterocycles. The molecule has 33 heavy (non-hydrogen) atoms. The van der Waals surface area contributed by atoms with Crippen molar-refractivity contribution in [2.75, 3.05) is 72.1 Å². The number of nitrogens with zero attached hydrogens (tertiary/aromatic N) is 4. The lowest BCUT2D eigenvalue weighted by atomic mass is 9.93. The van der Waals surface area contributed by atoms with Crippen LogP contribution in [0, 0.1) is 0 Å². The molecular weight excluding hydrogens is 436 g/mol. The number of benzene rings is 1. The number of carbonyl (C=O) groups excluding carboxylic acids is 2. The zero-order valence-electron chi connectivity index (χ0n) is 19.0. The van der Waals surface area contributed by atoms with Crippen LogP contribution in [-0.2, 0) is 20.7 Å². The average molecular weight is 469 g/mol. The highest BCUT2D eigenvalue weighted by molar-refractivity contribution is 7.10. The molecule has 1 aromatic heterocycles. The number of rotatable bonds is 5. The fourth-order valence-electron chi connectivity index (χ4n) is 5.10. The SMILES string of the molecule is O=C(CN1CCN(C(=O)CN2CCc3sccc3[C@H]2c2ccccc2)CC1)N1CCOCC1. The van der Waals surface area contributed by atoms with Gasteiger partial charge >= 0.3 is 0 Å². The molecule has 1 aromatic carbocycles. The van der Waals surface area contributed by atoms with E-state index in [4.69, 9.17) is 4.74 Å². The van der Waals surface area contributed by atoms with E-state index in [1.165, 1.54) is 16.0 Å². The van der Waals surface area contributed by atoms with Crippen molar-refractivity contribution in [2.45, 2.75) is 12.5 Å². The number of carbonyl (C=O) groups is 2. The highest BCUT2D eigenvalue weighted by Crippen LogP contribution is 2.37. The van der Waals surface area contributed by atoms with Gasteiger partial charge in [0.2, 0.25) is 11.8 Å². The lowest BCUT2D eigenvalue weighted by Crippen LogP contribution is -2.54. The van der Waals surface area contributed by atoms with Gasteiger partial charge in [0.15, 0.2) is 0 Å². The van der Waals surface area contributed by atoms with Crippen LogP contribution in [0.25, 0.3) is 0 Å². The molecule has 3 aliphatic heterocycles. The van der Waals surface area contributed by atoms with Crippen molar-refractivity contribution in [3.8, 4) is 0 Å². The van der Waals surface area contributed by atoms with Crippen LogP contribution in [0.15, 0.2) is 41.8 Å². The molecule has 8 heteroatoms. The molecule has 0 saturated carbocycles. The van der Waals surface area contributed by atoms with E-state index in [1.54, 1.807) is 0 Å². The summed E-state index contributed by atoms with van der Waals surface area (Å²) in [5, 5.41) is 2.17. The average Bonchev–Trinajstić information content (AvgIpc) is 3.34. The molecule has 2 amide bonds. The number of hydrogen-bond donors (Lipinski definition) is 0. The highest BCUT2D eigenvalue weighted by Gasteiger charge is 2.32. The summed E-state index contributed by atoms with van der Waals surface area (Å²) in [4.78, 5) is 35.6. The van der Waals surface area contributed by atoms with Gasteiger partial charge in [0.05, 0.1) is 32.3 Å². The predicted molar refractivity (Wildman–Crippen MR) is 128 cm³/mol. The molecule has 176 valence electrons. The van der Waals surface area contributed by atoms with Crippen molar-refractivity contribution in [3.05, 3.63) is 57.8 Å². The molecule has 2 fully saturated rings. The Morgan fingerprint density at radius 2 is 1.55 bits per heavy atom. The summed E-state index contributed by atoms with van der Waals surface area (Å²) in [6.07, 6.45) is 1.00. The van der Waals surface area contributed by atoms with E-state index in [2.05, 4.69) is 45.5 Å². The molecule has 2 saturated heterocycles. The minimum atomic E-state index is 0.137. The molecule has 0 bridgehead atoms. The Hall–Kier alpha value is -2.26. The van der Waals surface area contributed by atoms with Crippen LogP contribution < -0.4 is 0 Å². The Kier molecular flexibility index (Phi) is 7.06. The molecule has 7 nitrogen and oxygen atoms in total. The van der Waals surface area contributed by atoms with Crippen molar-refractivity contribution >= 4 is 23.2 Å². The Labute approximate surface area is 199 Å². The number of piperazine rings is 1. The van der Waals surface area contributed by atoms with Gasteiger partial charge in [0.25, 0.3) is 0 Å². The third kappa shape index (κ3) is 5.14. The first-order chi connectivity index (χ1) is 16.2. The number of fused-ring (bicyclic) bond motifs is 1. The second-order valence-corrected chi connectivity index (χ2v) is 9.98. The fourth-order valence-corrected chi connectivity index (χ4v) is 6.00. The van der Waals surface area contributed by atoms with E-state index in [0.29, 0.717) is 52.5 Å². The van der Waals surface area contributed by atoms with Crippen LogP contribution in [0.1, 0.15) is 22.0 Å². The molecule has 1 atom stereocenters. The van der Waals surface area contributed by atoms with Crippen LogP contribution in [0.2, 0.25) is 0 Å². The van der Waals surface area contributed by atoms with E-state index in [9.17, 15) is 9.59 Å². The smallest absolute Gasteiger partial charge is 0.236 e. The summed E-state index contributed by atoms with van der Waals surface area (Å²) in [6, 6.07) is 12.9. The van der Waals surface area contributed by atoms with Gasteiger partial charge in [-0.15, -0.1) is 11.3 Å². The van der Waals surface area contributed by atoms with Crippen molar-refractivity contribution in [1.29, 1.82) is 0 Å². The molecule has 0 spiro atoms. The third-order valence-corrected chi connectivity index (χ3v) is 7.96. The standard InChI is InChI=1S/C25H32N4O3S/c30-23(28-13-15-32-16-14-28)18-26-9-11-27(12-10-26)24(31)19-29-8-6-22-21(7-17-33-22)25(29)20-4-2-1-3-5-20/h1-5,7,17,25H,6,8-16,18-19H2/t25-/m1/s1. The van der Waals surface area contributed by atoms with Gasteiger partial charge in [0.1, 0.15) is 0 Å². The van der Waals surface area contributed by atoms with Crippen LogP contribution in [0.4, 0.5) is 0 Å². The summed E-state index contributed by atoms with van der Waals surface area (Å²) < 4.78 is 5.34. The molecule has 0 unspecified atom stereocenters. The molecule has 5 rings (SSSR count). The van der Waals surface area contributed by atoms with E-state index in [1.807, 2.05) is 27.2 Å². The second kappa shape index (κ2) is 10.3. The van der Waals surface area contributed by atoms with Crippen molar-refractivity contribution in [1.82, 2.24) is 19.6 Å². The first-order valence-electron chi connectivity index (χ1n) is 11.9. The first-order valence-corrected chi connectivity index (χ1v) is 12.8. The van der Waals surface area contributed by atoms with E-state index >= 15 is 0 Å². The maximum absolute atomic E-state index is 13.2. The molecular formula is C25H32N4O3S. The molecule has 0 aliphatic carbocycles. The number of amides is 2. The lowest BCUT2D eigenvalue weighted by molar-refractivity contribution is -0.138. The Morgan fingerprint density at radius 3 is 2.30 bits per heavy atom. The molecule has 3 aliphatic rings. The quantitative estimate of drug-likeness (QED) is 0.669. The zero-order valence-corrected chi connectivity index (χ0v) is 19.8. The van der Waals surface area contributed by atoms with Crippen molar-refractivity contribution < 1.29 is 14.3 Å². The maximum Gasteiger partial charge on any atom is 0.236 e. The molecule has 0 N–H and O–H groups in total. The molecule has 2 aromatic rings. The van der Waals surface area contributed by atoms with Crippen LogP contribution >= 0.6 is 11.3 Å². The summed E-state index contributed by atoms with van der Waals surface area (Å²) in [6.45, 7) is 7.24. The monoisotopic (exact) mass is 468 g/mol. The fraction of sp³-hybridized carbons (Fsp3) is 0.520. The van der Waals surface area contributed by atoms with Gasteiger partial charge in [-0.05, 0) is 29.0 Å². The van der Waals surface area contributed by atoms with Gasteiger partial charge in [-0.25, -0.2) is 0 Å². The number of thiophene rings is 1. The van der Waals surface area contributed by atoms with Gasteiger partial charge in [0, 0.05) is 50.7 Å². The minimum absolute atomic E-state index is 0.137. The predicted octanol–water partition coefficient (Wildman–Crippen LogP) is 1.70. The lowest BCUT2D eigenvalue weighted by Gasteiger charge is -2.39. The maximum atomic E-state index is 13.2. The normalized spacial score (nSPS) is 22.2. The van der Waals surface area contributed by atoms with Crippen LogP contribution in [0.3, 0.4) is 0 Å². The summed E-state index contributed by atoms with van der Waals surface area (Å²) in [5.74, 6) is 0.359. The largest absolute Gasteiger partial charge is 0.378 e.